The van der Waals surface area contributed by atoms with E-state index in [0.29, 0.717) is 17.8 Å². The van der Waals surface area contributed by atoms with E-state index in [1.807, 2.05) is 56.5 Å². The number of fused-ring (bicyclic) bond motifs is 2. The van der Waals surface area contributed by atoms with Crippen molar-refractivity contribution >= 4 is 34.9 Å². The molecule has 5 rings (SSSR count). The molecule has 1 aliphatic heterocycles. The molecule has 2 aliphatic rings. The third-order valence-corrected chi connectivity index (χ3v) is 7.45. The summed E-state index contributed by atoms with van der Waals surface area (Å²) in [6, 6.07) is 9.32. The lowest BCUT2D eigenvalue weighted by molar-refractivity contribution is -0.134. The number of anilines is 1. The van der Waals surface area contributed by atoms with Crippen LogP contribution in [0.2, 0.25) is 0 Å². The Balaban J connectivity index is 1.35. The summed E-state index contributed by atoms with van der Waals surface area (Å²) in [5, 5.41) is 12.2. The Morgan fingerprint density at radius 2 is 1.94 bits per heavy atom. The number of carbonyl (C=O) groups excluding carboxylic acids is 3. The lowest BCUT2D eigenvalue weighted by Crippen LogP contribution is -2.46. The van der Waals surface area contributed by atoms with E-state index in [0.717, 1.165) is 45.1 Å². The first-order valence-electron chi connectivity index (χ1n) is 10.9. The number of nitrogens with zero attached hydrogens (tertiary/aromatic N) is 3. The van der Waals surface area contributed by atoms with Gasteiger partial charge in [0.25, 0.3) is 5.91 Å². The molecule has 2 N–H and O–H groups in total. The number of carbonyl (C=O) groups is 3. The van der Waals surface area contributed by atoms with Crippen molar-refractivity contribution in [2.24, 2.45) is 0 Å². The largest absolute Gasteiger partial charge is 0.325 e. The zero-order valence-corrected chi connectivity index (χ0v) is 19.6. The van der Waals surface area contributed by atoms with Crippen molar-refractivity contribution in [2.75, 3.05) is 11.9 Å². The molecule has 170 valence electrons. The third-order valence-electron chi connectivity index (χ3n) is 6.47. The van der Waals surface area contributed by atoms with Gasteiger partial charge < -0.3 is 10.6 Å². The summed E-state index contributed by atoms with van der Waals surface area (Å²) in [7, 11) is 0. The molecule has 1 aromatic carbocycles. The fourth-order valence-corrected chi connectivity index (χ4v) is 5.77. The van der Waals surface area contributed by atoms with Gasteiger partial charge in [-0.25, -0.2) is 9.48 Å². The average Bonchev–Trinajstić information content (AvgIpc) is 3.44. The zero-order valence-electron chi connectivity index (χ0n) is 18.8. The molecule has 3 aromatic rings. The van der Waals surface area contributed by atoms with Crippen LogP contribution in [0.25, 0.3) is 5.69 Å². The van der Waals surface area contributed by atoms with Crippen LogP contribution < -0.4 is 10.6 Å². The van der Waals surface area contributed by atoms with E-state index in [-0.39, 0.29) is 12.5 Å². The first kappa shape index (κ1) is 21.4. The SMILES string of the molecule is Cc1ccc(-n2nc(C)c(NC(=O)CN3C(=O)NC4(CCCc5sccc54)C3=O)c2C)cc1. The van der Waals surface area contributed by atoms with Crippen molar-refractivity contribution in [2.45, 2.75) is 45.6 Å². The van der Waals surface area contributed by atoms with Gasteiger partial charge in [-0.15, -0.1) is 11.3 Å². The molecule has 0 bridgehead atoms. The van der Waals surface area contributed by atoms with Gasteiger partial charge in [0.05, 0.1) is 22.8 Å². The molecule has 9 heteroatoms. The summed E-state index contributed by atoms with van der Waals surface area (Å²) in [6.45, 7) is 5.36. The van der Waals surface area contributed by atoms with Gasteiger partial charge in [-0.3, -0.25) is 14.5 Å². The summed E-state index contributed by atoms with van der Waals surface area (Å²) < 4.78 is 1.77. The second-order valence-electron chi connectivity index (χ2n) is 8.68. The number of imide groups is 1. The Morgan fingerprint density at radius 1 is 1.18 bits per heavy atom. The van der Waals surface area contributed by atoms with E-state index >= 15 is 0 Å². The number of amides is 4. The predicted molar refractivity (Wildman–Crippen MR) is 126 cm³/mol. The molecule has 1 atom stereocenters. The van der Waals surface area contributed by atoms with Gasteiger partial charge in [0, 0.05) is 10.4 Å². The lowest BCUT2D eigenvalue weighted by atomic mass is 9.80. The van der Waals surface area contributed by atoms with Crippen LogP contribution in [0.1, 0.15) is 40.2 Å². The summed E-state index contributed by atoms with van der Waals surface area (Å²) in [4.78, 5) is 41.1. The van der Waals surface area contributed by atoms with Gasteiger partial charge in [-0.1, -0.05) is 17.7 Å². The molecular formula is C24H25N5O3S. The second-order valence-corrected chi connectivity index (χ2v) is 9.68. The van der Waals surface area contributed by atoms with Gasteiger partial charge >= 0.3 is 6.03 Å². The maximum atomic E-state index is 13.3. The second kappa shape index (κ2) is 7.84. The summed E-state index contributed by atoms with van der Waals surface area (Å²) in [5.41, 5.74) is 3.87. The monoisotopic (exact) mass is 463 g/mol. The van der Waals surface area contributed by atoms with E-state index in [9.17, 15) is 14.4 Å². The summed E-state index contributed by atoms with van der Waals surface area (Å²) >= 11 is 1.60. The molecule has 2 aromatic heterocycles. The third kappa shape index (κ3) is 3.43. The fourth-order valence-electron chi connectivity index (χ4n) is 4.77. The highest BCUT2D eigenvalue weighted by molar-refractivity contribution is 7.10. The minimum Gasteiger partial charge on any atom is -0.321 e. The van der Waals surface area contributed by atoms with Crippen LogP contribution in [0.4, 0.5) is 10.5 Å². The number of hydrogen-bond acceptors (Lipinski definition) is 5. The Labute approximate surface area is 195 Å². The minimum atomic E-state index is -1.05. The van der Waals surface area contributed by atoms with Crippen LogP contribution in [0.15, 0.2) is 35.7 Å². The lowest BCUT2D eigenvalue weighted by Gasteiger charge is -2.31. The molecule has 0 saturated carbocycles. The van der Waals surface area contributed by atoms with Crippen LogP contribution in [0.5, 0.6) is 0 Å². The molecule has 1 saturated heterocycles. The molecule has 8 nitrogen and oxygen atoms in total. The number of benzene rings is 1. The molecular weight excluding hydrogens is 438 g/mol. The number of rotatable bonds is 4. The fraction of sp³-hybridized carbons (Fsp3) is 0.333. The van der Waals surface area contributed by atoms with Gasteiger partial charge in [0.1, 0.15) is 12.1 Å². The Hall–Kier alpha value is -3.46. The number of aryl methyl sites for hydroxylation is 3. The highest BCUT2D eigenvalue weighted by atomic mass is 32.1. The molecule has 1 spiro atoms. The molecule has 33 heavy (non-hydrogen) atoms. The topological polar surface area (TPSA) is 96.3 Å². The molecule has 1 aliphatic carbocycles. The van der Waals surface area contributed by atoms with Gasteiger partial charge in [-0.2, -0.15) is 5.10 Å². The number of hydrogen-bond donors (Lipinski definition) is 2. The van der Waals surface area contributed by atoms with E-state index < -0.39 is 17.5 Å². The smallest absolute Gasteiger partial charge is 0.321 e. The quantitative estimate of drug-likeness (QED) is 0.578. The highest BCUT2D eigenvalue weighted by Gasteiger charge is 2.54. The van der Waals surface area contributed by atoms with Crippen molar-refractivity contribution < 1.29 is 14.4 Å². The van der Waals surface area contributed by atoms with Crippen molar-refractivity contribution in [3.8, 4) is 5.69 Å². The number of thiophene rings is 1. The van der Waals surface area contributed by atoms with E-state index in [1.165, 1.54) is 0 Å². The first-order valence-corrected chi connectivity index (χ1v) is 11.8. The average molecular weight is 464 g/mol. The van der Waals surface area contributed by atoms with Crippen LogP contribution in [0.3, 0.4) is 0 Å². The number of urea groups is 1. The zero-order chi connectivity index (χ0) is 23.3. The van der Waals surface area contributed by atoms with E-state index in [4.69, 9.17) is 0 Å². The van der Waals surface area contributed by atoms with Crippen molar-refractivity contribution in [3.05, 3.63) is 63.1 Å². The molecule has 0 radical (unpaired) electrons. The van der Waals surface area contributed by atoms with Crippen molar-refractivity contribution in [3.63, 3.8) is 0 Å². The number of nitrogens with one attached hydrogen (secondary N) is 2. The Kier molecular flexibility index (Phi) is 5.08. The van der Waals surface area contributed by atoms with Gasteiger partial charge in [-0.05, 0) is 63.6 Å². The van der Waals surface area contributed by atoms with Crippen LogP contribution in [0, 0.1) is 20.8 Å². The highest BCUT2D eigenvalue weighted by Crippen LogP contribution is 2.42. The maximum Gasteiger partial charge on any atom is 0.325 e. The van der Waals surface area contributed by atoms with Gasteiger partial charge in [0.2, 0.25) is 5.91 Å². The molecule has 1 unspecified atom stereocenters. The molecule has 3 heterocycles. The molecule has 1 fully saturated rings. The van der Waals surface area contributed by atoms with Crippen LogP contribution in [-0.2, 0) is 21.5 Å². The van der Waals surface area contributed by atoms with Crippen LogP contribution >= 0.6 is 11.3 Å². The minimum absolute atomic E-state index is 0.347. The normalized spacial score (nSPS) is 19.7. The first-order chi connectivity index (χ1) is 15.8. The number of aromatic nitrogens is 2. The maximum absolute atomic E-state index is 13.3. The van der Waals surface area contributed by atoms with Crippen LogP contribution in [-0.4, -0.2) is 39.1 Å². The van der Waals surface area contributed by atoms with E-state index in [1.54, 1.807) is 16.0 Å². The summed E-state index contributed by atoms with van der Waals surface area (Å²) in [5.74, 6) is -0.794. The molecule has 4 amide bonds. The van der Waals surface area contributed by atoms with Crippen molar-refractivity contribution in [1.29, 1.82) is 0 Å². The summed E-state index contributed by atoms with van der Waals surface area (Å²) in [6.07, 6.45) is 2.26. The Morgan fingerprint density at radius 3 is 2.70 bits per heavy atom. The standard InChI is InChI=1S/C24H25N5O3S/c1-14-6-8-17(9-7-14)29-16(3)21(15(2)27-29)25-20(30)13-28-22(31)24(26-23(28)32)11-4-5-19-18(24)10-12-33-19/h6-10,12H,4-5,11,13H2,1-3H3,(H,25,30)(H,26,32). The van der Waals surface area contributed by atoms with Crippen molar-refractivity contribution in [1.82, 2.24) is 20.0 Å². The Bertz CT molecular complexity index is 1280. The van der Waals surface area contributed by atoms with E-state index in [2.05, 4.69) is 15.7 Å². The van der Waals surface area contributed by atoms with Gasteiger partial charge in [0.15, 0.2) is 0 Å². The predicted octanol–water partition coefficient (Wildman–Crippen LogP) is 3.58.